The number of hydrogen-bond donors (Lipinski definition) is 0. The van der Waals surface area contributed by atoms with Crippen molar-refractivity contribution >= 4 is 5.57 Å². The summed E-state index contributed by atoms with van der Waals surface area (Å²) in [6, 6.07) is 16.6. The number of para-hydroxylation sites is 1. The maximum Gasteiger partial charge on any atom is 0.134 e. The van der Waals surface area contributed by atoms with Gasteiger partial charge < -0.3 is 4.74 Å². The predicted molar refractivity (Wildman–Crippen MR) is 96.0 cm³/mol. The Morgan fingerprint density at radius 1 is 1.05 bits per heavy atom. The Morgan fingerprint density at radius 3 is 2.50 bits per heavy atom. The van der Waals surface area contributed by atoms with Gasteiger partial charge in [0.15, 0.2) is 0 Å². The molecular formula is C21H22O. The van der Waals surface area contributed by atoms with Gasteiger partial charge in [0.2, 0.25) is 0 Å². The molecule has 0 radical (unpaired) electrons. The van der Waals surface area contributed by atoms with E-state index in [1.807, 2.05) is 37.3 Å². The van der Waals surface area contributed by atoms with Crippen molar-refractivity contribution in [3.8, 4) is 16.9 Å². The normalized spacial score (nSPS) is 11.6. The first-order valence-electron chi connectivity index (χ1n) is 7.55. The van der Waals surface area contributed by atoms with Crippen molar-refractivity contribution in [2.24, 2.45) is 0 Å². The van der Waals surface area contributed by atoms with Gasteiger partial charge >= 0.3 is 0 Å². The molecule has 0 saturated heterocycles. The van der Waals surface area contributed by atoms with E-state index in [2.05, 4.69) is 49.9 Å². The average Bonchev–Trinajstić information content (AvgIpc) is 2.56. The fourth-order valence-corrected chi connectivity index (χ4v) is 2.36. The molecule has 0 bridgehead atoms. The van der Waals surface area contributed by atoms with Crippen LogP contribution in [0.25, 0.3) is 16.7 Å². The van der Waals surface area contributed by atoms with Gasteiger partial charge in [-0.2, -0.15) is 0 Å². The van der Waals surface area contributed by atoms with Gasteiger partial charge in [-0.25, -0.2) is 0 Å². The fourth-order valence-electron chi connectivity index (χ4n) is 2.36. The highest BCUT2D eigenvalue weighted by atomic mass is 16.5. The number of allylic oxidation sites excluding steroid dienone is 5. The lowest BCUT2D eigenvalue weighted by Crippen LogP contribution is -1.98. The molecule has 0 aliphatic heterocycles. The number of rotatable bonds is 6. The van der Waals surface area contributed by atoms with Crippen LogP contribution in [0.1, 0.15) is 19.4 Å². The first kappa shape index (κ1) is 15.8. The lowest BCUT2D eigenvalue weighted by molar-refractivity contribution is 0.340. The zero-order valence-electron chi connectivity index (χ0n) is 13.3. The van der Waals surface area contributed by atoms with Gasteiger partial charge in [0.25, 0.3) is 0 Å². The molecule has 0 N–H and O–H groups in total. The molecule has 2 rings (SSSR count). The minimum absolute atomic E-state index is 0.645. The molecule has 0 spiro atoms. The van der Waals surface area contributed by atoms with Crippen molar-refractivity contribution in [1.82, 2.24) is 0 Å². The predicted octanol–water partition coefficient (Wildman–Crippen LogP) is 5.90. The first-order chi connectivity index (χ1) is 10.8. The van der Waals surface area contributed by atoms with Crippen LogP contribution >= 0.6 is 0 Å². The quantitative estimate of drug-likeness (QED) is 0.602. The van der Waals surface area contributed by atoms with Crippen molar-refractivity contribution < 1.29 is 4.74 Å². The highest BCUT2D eigenvalue weighted by Crippen LogP contribution is 2.36. The molecule has 22 heavy (non-hydrogen) atoms. The molecule has 0 aliphatic carbocycles. The Morgan fingerprint density at radius 2 is 1.82 bits per heavy atom. The molecule has 0 fully saturated rings. The van der Waals surface area contributed by atoms with E-state index in [0.29, 0.717) is 6.61 Å². The highest BCUT2D eigenvalue weighted by Gasteiger charge is 2.12. The van der Waals surface area contributed by atoms with Crippen LogP contribution in [-0.2, 0) is 0 Å². The smallest absolute Gasteiger partial charge is 0.134 e. The third kappa shape index (κ3) is 3.76. The molecule has 0 aliphatic rings. The number of ether oxygens (including phenoxy) is 1. The van der Waals surface area contributed by atoms with Crippen LogP contribution in [0.2, 0.25) is 0 Å². The van der Waals surface area contributed by atoms with Crippen LogP contribution in [0.3, 0.4) is 0 Å². The number of hydrogen-bond acceptors (Lipinski definition) is 1. The minimum Gasteiger partial charge on any atom is -0.493 e. The fraction of sp³-hybridized carbons (Fsp3) is 0.143. The summed E-state index contributed by atoms with van der Waals surface area (Å²) < 4.78 is 5.96. The van der Waals surface area contributed by atoms with E-state index in [1.165, 1.54) is 11.1 Å². The van der Waals surface area contributed by atoms with Gasteiger partial charge in [-0.05, 0) is 25.0 Å². The summed E-state index contributed by atoms with van der Waals surface area (Å²) in [5.41, 5.74) is 4.58. The maximum absolute atomic E-state index is 5.96. The van der Waals surface area contributed by atoms with E-state index in [-0.39, 0.29) is 0 Å². The molecule has 1 nitrogen and oxygen atoms in total. The van der Waals surface area contributed by atoms with Crippen LogP contribution in [0.4, 0.5) is 0 Å². The largest absolute Gasteiger partial charge is 0.493 e. The van der Waals surface area contributed by atoms with Crippen LogP contribution < -0.4 is 4.74 Å². The van der Waals surface area contributed by atoms with Crippen molar-refractivity contribution in [2.75, 3.05) is 6.61 Å². The molecular weight excluding hydrogens is 268 g/mol. The van der Waals surface area contributed by atoms with Gasteiger partial charge in [0.05, 0.1) is 6.61 Å². The summed E-state index contributed by atoms with van der Waals surface area (Å²) in [7, 11) is 0. The first-order valence-corrected chi connectivity index (χ1v) is 7.55. The summed E-state index contributed by atoms with van der Waals surface area (Å²) in [5, 5.41) is 0. The van der Waals surface area contributed by atoms with Gasteiger partial charge in [-0.1, -0.05) is 79.4 Å². The SMILES string of the molecule is C=C/C=C\C=C(/C)c1cccc(-c2ccccc2)c1OCC. The molecule has 0 heterocycles. The zero-order chi connectivity index (χ0) is 15.8. The van der Waals surface area contributed by atoms with Crippen LogP contribution in [0, 0.1) is 0 Å². The highest BCUT2D eigenvalue weighted by molar-refractivity contribution is 5.80. The molecule has 0 atom stereocenters. The van der Waals surface area contributed by atoms with Crippen molar-refractivity contribution in [3.63, 3.8) is 0 Å². The van der Waals surface area contributed by atoms with E-state index >= 15 is 0 Å². The summed E-state index contributed by atoms with van der Waals surface area (Å²) in [4.78, 5) is 0. The lowest BCUT2D eigenvalue weighted by atomic mass is 9.97. The minimum atomic E-state index is 0.645. The summed E-state index contributed by atoms with van der Waals surface area (Å²) in [5.74, 6) is 0.942. The molecule has 112 valence electrons. The van der Waals surface area contributed by atoms with E-state index in [9.17, 15) is 0 Å². The molecule has 0 saturated carbocycles. The van der Waals surface area contributed by atoms with Gasteiger partial charge in [0, 0.05) is 11.1 Å². The van der Waals surface area contributed by atoms with Gasteiger partial charge in [0.1, 0.15) is 5.75 Å². The molecule has 0 unspecified atom stereocenters. The standard InChI is InChI=1S/C21H22O/c1-4-6-8-12-17(3)19-15-11-16-20(21(19)22-5-2)18-13-9-7-10-14-18/h4,6-16H,1,5H2,2-3H3/b8-6-,17-12+. The second-order valence-corrected chi connectivity index (χ2v) is 4.95. The molecule has 0 amide bonds. The average molecular weight is 290 g/mol. The van der Waals surface area contributed by atoms with Crippen molar-refractivity contribution in [3.05, 3.63) is 85.0 Å². The third-order valence-corrected chi connectivity index (χ3v) is 3.41. The van der Waals surface area contributed by atoms with E-state index in [4.69, 9.17) is 4.74 Å². The molecule has 0 aromatic heterocycles. The zero-order valence-corrected chi connectivity index (χ0v) is 13.3. The van der Waals surface area contributed by atoms with Gasteiger partial charge in [-0.3, -0.25) is 0 Å². The third-order valence-electron chi connectivity index (χ3n) is 3.41. The van der Waals surface area contributed by atoms with Crippen molar-refractivity contribution in [1.29, 1.82) is 0 Å². The number of benzene rings is 2. The Labute approximate surface area is 133 Å². The molecule has 2 aromatic rings. The van der Waals surface area contributed by atoms with Crippen LogP contribution in [-0.4, -0.2) is 6.61 Å². The van der Waals surface area contributed by atoms with Crippen molar-refractivity contribution in [2.45, 2.75) is 13.8 Å². The maximum atomic E-state index is 5.96. The Kier molecular flexibility index (Phi) is 5.79. The monoisotopic (exact) mass is 290 g/mol. The van der Waals surface area contributed by atoms with E-state index in [1.54, 1.807) is 6.08 Å². The summed E-state index contributed by atoms with van der Waals surface area (Å²) in [6.07, 6.45) is 7.76. The molecule has 1 heteroatoms. The van der Waals surface area contributed by atoms with Crippen LogP contribution in [0.5, 0.6) is 5.75 Å². The molecule has 2 aromatic carbocycles. The van der Waals surface area contributed by atoms with Crippen LogP contribution in [0.15, 0.2) is 79.4 Å². The van der Waals surface area contributed by atoms with E-state index < -0.39 is 0 Å². The van der Waals surface area contributed by atoms with Gasteiger partial charge in [-0.15, -0.1) is 0 Å². The second kappa shape index (κ2) is 8.04. The Balaban J connectivity index is 2.53. The summed E-state index contributed by atoms with van der Waals surface area (Å²) in [6.45, 7) is 8.45. The lowest BCUT2D eigenvalue weighted by Gasteiger charge is -2.15. The Bertz CT molecular complexity index is 678. The Hall–Kier alpha value is -2.54. The topological polar surface area (TPSA) is 9.23 Å². The summed E-state index contributed by atoms with van der Waals surface area (Å²) >= 11 is 0. The second-order valence-electron chi connectivity index (χ2n) is 4.95. The van der Waals surface area contributed by atoms with E-state index in [0.717, 1.165) is 16.9 Å².